The molecule has 0 aliphatic rings. The second-order valence-electron chi connectivity index (χ2n) is 5.48. The van der Waals surface area contributed by atoms with Gasteiger partial charge in [0.05, 0.1) is 24.9 Å². The van der Waals surface area contributed by atoms with Crippen molar-refractivity contribution in [1.29, 1.82) is 0 Å². The van der Waals surface area contributed by atoms with Gasteiger partial charge in [-0.25, -0.2) is 0 Å². The van der Waals surface area contributed by atoms with Crippen LogP contribution in [0, 0.1) is 10.1 Å². The highest BCUT2D eigenvalue weighted by Crippen LogP contribution is 2.28. The first-order chi connectivity index (χ1) is 12.4. The molecule has 2 rings (SSSR count). The van der Waals surface area contributed by atoms with E-state index in [-0.39, 0.29) is 17.3 Å². The predicted octanol–water partition coefficient (Wildman–Crippen LogP) is 3.36. The number of hydrogen-bond acceptors (Lipinski definition) is 6. The number of hydrogen-bond donors (Lipinski definition) is 0. The van der Waals surface area contributed by atoms with Crippen LogP contribution in [0.4, 0.5) is 5.69 Å². The van der Waals surface area contributed by atoms with Crippen LogP contribution in [0.1, 0.15) is 5.56 Å². The predicted molar refractivity (Wildman–Crippen MR) is 99.8 cm³/mol. The maximum Gasteiger partial charge on any atom is 0.269 e. The van der Waals surface area contributed by atoms with Crippen LogP contribution in [0.2, 0.25) is 0 Å². The largest absolute Gasteiger partial charge is 0.493 e. The molecule has 0 saturated heterocycles. The fourth-order valence-electron chi connectivity index (χ4n) is 2.26. The van der Waals surface area contributed by atoms with Crippen molar-refractivity contribution in [3.63, 3.8) is 0 Å². The standard InChI is InChI=1S/C18H20N2O5S/c1-19(11-13-4-9-16(24-2)17(10-13)25-3)18(21)12-26-15-7-5-14(6-8-15)20(22)23/h4-10H,11-12H2,1-3H3. The second kappa shape index (κ2) is 9.10. The van der Waals surface area contributed by atoms with Crippen molar-refractivity contribution in [2.24, 2.45) is 0 Å². The van der Waals surface area contributed by atoms with E-state index in [0.29, 0.717) is 18.0 Å². The molecule has 0 atom stereocenters. The Kier molecular flexibility index (Phi) is 6.85. The zero-order chi connectivity index (χ0) is 19.1. The maximum atomic E-state index is 12.3. The minimum absolute atomic E-state index is 0.0336. The Morgan fingerprint density at radius 3 is 2.35 bits per heavy atom. The number of carbonyl (C=O) groups excluding carboxylic acids is 1. The van der Waals surface area contributed by atoms with Gasteiger partial charge in [-0.05, 0) is 29.8 Å². The molecule has 2 aromatic carbocycles. The molecule has 0 heterocycles. The lowest BCUT2D eigenvalue weighted by atomic mass is 10.2. The van der Waals surface area contributed by atoms with Gasteiger partial charge in [0.25, 0.3) is 5.69 Å². The lowest BCUT2D eigenvalue weighted by Crippen LogP contribution is -2.27. The van der Waals surface area contributed by atoms with Crippen molar-refractivity contribution in [3.05, 3.63) is 58.1 Å². The summed E-state index contributed by atoms with van der Waals surface area (Å²) in [6.07, 6.45) is 0. The Hall–Kier alpha value is -2.74. The highest BCUT2D eigenvalue weighted by atomic mass is 32.2. The lowest BCUT2D eigenvalue weighted by molar-refractivity contribution is -0.384. The maximum absolute atomic E-state index is 12.3. The molecule has 0 fully saturated rings. The minimum Gasteiger partial charge on any atom is -0.493 e. The van der Waals surface area contributed by atoms with Crippen molar-refractivity contribution >= 4 is 23.4 Å². The van der Waals surface area contributed by atoms with Gasteiger partial charge in [-0.3, -0.25) is 14.9 Å². The minimum atomic E-state index is -0.448. The van der Waals surface area contributed by atoms with Crippen molar-refractivity contribution in [2.75, 3.05) is 27.0 Å². The molecule has 26 heavy (non-hydrogen) atoms. The first-order valence-corrected chi connectivity index (χ1v) is 8.75. The molecule has 2 aromatic rings. The summed E-state index contributed by atoms with van der Waals surface area (Å²) >= 11 is 1.34. The summed E-state index contributed by atoms with van der Waals surface area (Å²) in [7, 11) is 4.87. The molecule has 0 aromatic heterocycles. The van der Waals surface area contributed by atoms with Gasteiger partial charge in [-0.15, -0.1) is 11.8 Å². The van der Waals surface area contributed by atoms with E-state index in [9.17, 15) is 14.9 Å². The van der Waals surface area contributed by atoms with Gasteiger partial charge >= 0.3 is 0 Å². The Morgan fingerprint density at radius 1 is 1.12 bits per heavy atom. The van der Waals surface area contributed by atoms with Gasteiger partial charge in [0.15, 0.2) is 11.5 Å². The Morgan fingerprint density at radius 2 is 1.77 bits per heavy atom. The third-order valence-corrected chi connectivity index (χ3v) is 4.70. The number of nitrogens with zero attached hydrogens (tertiary/aromatic N) is 2. The number of non-ortho nitro benzene ring substituents is 1. The monoisotopic (exact) mass is 376 g/mol. The lowest BCUT2D eigenvalue weighted by Gasteiger charge is -2.18. The average molecular weight is 376 g/mol. The normalized spacial score (nSPS) is 10.3. The van der Waals surface area contributed by atoms with E-state index in [1.807, 2.05) is 12.1 Å². The van der Waals surface area contributed by atoms with Gasteiger partial charge < -0.3 is 14.4 Å². The molecular weight excluding hydrogens is 356 g/mol. The molecule has 0 aliphatic carbocycles. The summed E-state index contributed by atoms with van der Waals surface area (Å²) in [4.78, 5) is 24.9. The van der Waals surface area contributed by atoms with Gasteiger partial charge in [0.1, 0.15) is 0 Å². The number of ether oxygens (including phenoxy) is 2. The summed E-state index contributed by atoms with van der Waals surface area (Å²) in [6, 6.07) is 11.7. The molecular formula is C18H20N2O5S. The highest BCUT2D eigenvalue weighted by molar-refractivity contribution is 8.00. The van der Waals surface area contributed by atoms with Crippen LogP contribution in [0.5, 0.6) is 11.5 Å². The first-order valence-electron chi connectivity index (χ1n) is 7.76. The molecule has 0 unspecified atom stereocenters. The fraction of sp³-hybridized carbons (Fsp3) is 0.278. The van der Waals surface area contributed by atoms with Crippen LogP contribution in [0.3, 0.4) is 0 Å². The summed E-state index contributed by atoms with van der Waals surface area (Å²) in [5.74, 6) is 1.47. The van der Waals surface area contributed by atoms with E-state index in [4.69, 9.17) is 9.47 Å². The van der Waals surface area contributed by atoms with Crippen molar-refractivity contribution in [2.45, 2.75) is 11.4 Å². The van der Waals surface area contributed by atoms with Crippen LogP contribution in [-0.4, -0.2) is 42.8 Å². The first kappa shape index (κ1) is 19.6. The fourth-order valence-corrected chi connectivity index (χ4v) is 3.10. The molecule has 0 saturated carbocycles. The molecule has 0 aliphatic heterocycles. The van der Waals surface area contributed by atoms with Crippen LogP contribution in [0.15, 0.2) is 47.4 Å². The van der Waals surface area contributed by atoms with Gasteiger partial charge in [-0.1, -0.05) is 6.07 Å². The molecule has 7 nitrogen and oxygen atoms in total. The van der Waals surface area contributed by atoms with E-state index >= 15 is 0 Å². The van der Waals surface area contributed by atoms with E-state index in [1.165, 1.54) is 23.9 Å². The van der Waals surface area contributed by atoms with Crippen LogP contribution >= 0.6 is 11.8 Å². The number of amides is 1. The summed E-state index contributed by atoms with van der Waals surface area (Å²) in [5, 5.41) is 10.6. The molecule has 1 amide bonds. The third-order valence-electron chi connectivity index (χ3n) is 3.70. The van der Waals surface area contributed by atoms with Crippen LogP contribution in [-0.2, 0) is 11.3 Å². The third kappa shape index (κ3) is 5.13. The van der Waals surface area contributed by atoms with Crippen molar-refractivity contribution in [1.82, 2.24) is 4.90 Å². The molecule has 0 radical (unpaired) electrons. The summed E-state index contributed by atoms with van der Waals surface area (Å²) in [5.41, 5.74) is 0.963. The summed E-state index contributed by atoms with van der Waals surface area (Å²) in [6.45, 7) is 0.444. The SMILES string of the molecule is COc1ccc(CN(C)C(=O)CSc2ccc([N+](=O)[O-])cc2)cc1OC. The van der Waals surface area contributed by atoms with Crippen LogP contribution in [0.25, 0.3) is 0 Å². The highest BCUT2D eigenvalue weighted by Gasteiger charge is 2.12. The zero-order valence-corrected chi connectivity index (χ0v) is 15.6. The Bertz CT molecular complexity index is 780. The van der Waals surface area contributed by atoms with Crippen molar-refractivity contribution in [3.8, 4) is 11.5 Å². The molecule has 0 N–H and O–H groups in total. The van der Waals surface area contributed by atoms with Crippen LogP contribution < -0.4 is 9.47 Å². The van der Waals surface area contributed by atoms with Crippen molar-refractivity contribution < 1.29 is 19.2 Å². The van der Waals surface area contributed by atoms with Gasteiger partial charge in [0, 0.05) is 30.6 Å². The van der Waals surface area contributed by atoms with E-state index in [2.05, 4.69) is 0 Å². The molecule has 138 valence electrons. The molecule has 8 heteroatoms. The van der Waals surface area contributed by atoms with Gasteiger partial charge in [-0.2, -0.15) is 0 Å². The van der Waals surface area contributed by atoms with E-state index < -0.39 is 4.92 Å². The number of nitro benzene ring substituents is 1. The zero-order valence-electron chi connectivity index (χ0n) is 14.8. The molecule has 0 spiro atoms. The van der Waals surface area contributed by atoms with E-state index in [1.54, 1.807) is 44.4 Å². The van der Waals surface area contributed by atoms with E-state index in [0.717, 1.165) is 10.5 Å². The topological polar surface area (TPSA) is 81.9 Å². The number of carbonyl (C=O) groups is 1. The summed E-state index contributed by atoms with van der Waals surface area (Å²) < 4.78 is 10.5. The Labute approximate surface area is 156 Å². The van der Waals surface area contributed by atoms with Gasteiger partial charge in [0.2, 0.25) is 5.91 Å². The number of rotatable bonds is 8. The second-order valence-corrected chi connectivity index (χ2v) is 6.53. The quantitative estimate of drug-likeness (QED) is 0.399. The number of methoxy groups -OCH3 is 2. The Balaban J connectivity index is 1.92. The number of benzene rings is 2. The molecule has 0 bridgehead atoms. The number of nitro groups is 1. The average Bonchev–Trinajstić information content (AvgIpc) is 2.66. The number of thioether (sulfide) groups is 1. The smallest absolute Gasteiger partial charge is 0.269 e.